The van der Waals surface area contributed by atoms with E-state index in [1.807, 2.05) is 24.5 Å². The second-order valence-electron chi connectivity index (χ2n) is 6.85. The maximum Gasteiger partial charge on any atom is 0.217 e. The van der Waals surface area contributed by atoms with Crippen molar-refractivity contribution in [3.63, 3.8) is 0 Å². The summed E-state index contributed by atoms with van der Waals surface area (Å²) >= 11 is 0. The van der Waals surface area contributed by atoms with Crippen LogP contribution in [0.3, 0.4) is 0 Å². The van der Waals surface area contributed by atoms with Gasteiger partial charge in [-0.2, -0.15) is 0 Å². The zero-order valence-electron chi connectivity index (χ0n) is 15.5. The van der Waals surface area contributed by atoms with Gasteiger partial charge in [-0.3, -0.25) is 4.79 Å². The van der Waals surface area contributed by atoms with Gasteiger partial charge in [-0.25, -0.2) is 0 Å². The van der Waals surface area contributed by atoms with Crippen LogP contribution in [0, 0.1) is 0 Å². The molecular weight excluding hydrogens is 340 g/mol. The number of nitrogens with zero attached hydrogens (tertiary/aromatic N) is 1. The smallest absolute Gasteiger partial charge is 0.217 e. The van der Waals surface area contributed by atoms with Crippen LogP contribution < -0.4 is 20.7 Å². The maximum atomic E-state index is 11.5. The van der Waals surface area contributed by atoms with Gasteiger partial charge in [0.05, 0.1) is 19.5 Å². The summed E-state index contributed by atoms with van der Waals surface area (Å²) in [5.41, 5.74) is 3.33. The fourth-order valence-corrected chi connectivity index (χ4v) is 3.64. The van der Waals surface area contributed by atoms with Crippen LogP contribution in [0.2, 0.25) is 0 Å². The fourth-order valence-electron chi connectivity index (χ4n) is 3.64. The first-order valence-electron chi connectivity index (χ1n) is 9.33. The van der Waals surface area contributed by atoms with Crippen molar-refractivity contribution in [3.05, 3.63) is 64.5 Å². The molecule has 1 atom stereocenters. The first kappa shape index (κ1) is 17.6. The van der Waals surface area contributed by atoms with Crippen molar-refractivity contribution < 1.29 is 14.3 Å². The minimum Gasteiger partial charge on any atom is -0.488 e. The third kappa shape index (κ3) is 3.83. The lowest BCUT2D eigenvalue weighted by Gasteiger charge is -2.29. The first-order chi connectivity index (χ1) is 13.2. The number of hydrogen-bond donors (Lipinski definition) is 1. The lowest BCUT2D eigenvalue weighted by atomic mass is 9.96. The molecule has 2 aliphatic heterocycles. The molecule has 0 spiro atoms. The molecule has 1 unspecified atom stereocenters. The Hall–Kier alpha value is -2.79. The number of fused-ring (bicyclic) bond motifs is 1. The van der Waals surface area contributed by atoms with E-state index >= 15 is 0 Å². The number of benzene rings is 2. The fraction of sp³-hybridized carbons (Fsp3) is 0.318. The summed E-state index contributed by atoms with van der Waals surface area (Å²) in [6.07, 6.45) is 1.65. The highest BCUT2D eigenvalue weighted by Gasteiger charge is 2.22. The molecule has 0 saturated carbocycles. The number of hydrogen-bond acceptors (Lipinski definition) is 4. The maximum absolute atomic E-state index is 11.5. The molecule has 5 nitrogen and oxygen atoms in total. The van der Waals surface area contributed by atoms with Gasteiger partial charge in [-0.1, -0.05) is 36.4 Å². The number of morpholine rings is 1. The molecular formula is C22H24N2O3. The predicted octanol–water partition coefficient (Wildman–Crippen LogP) is 1.32. The molecule has 2 aliphatic rings. The van der Waals surface area contributed by atoms with E-state index in [0.29, 0.717) is 6.54 Å². The van der Waals surface area contributed by atoms with Crippen LogP contribution in [0.4, 0.5) is 5.69 Å². The van der Waals surface area contributed by atoms with Crippen molar-refractivity contribution in [2.45, 2.75) is 13.0 Å². The molecule has 2 aromatic carbocycles. The molecule has 4 rings (SSSR count). The monoisotopic (exact) mass is 364 g/mol. The van der Waals surface area contributed by atoms with Gasteiger partial charge in [0.1, 0.15) is 6.10 Å². The van der Waals surface area contributed by atoms with E-state index in [1.54, 1.807) is 0 Å². The molecule has 2 heterocycles. The molecule has 0 radical (unpaired) electrons. The van der Waals surface area contributed by atoms with Crippen molar-refractivity contribution >= 4 is 23.4 Å². The summed E-state index contributed by atoms with van der Waals surface area (Å²) in [7, 11) is 0. The third-order valence-electron chi connectivity index (χ3n) is 5.04. The largest absolute Gasteiger partial charge is 0.488 e. The van der Waals surface area contributed by atoms with Gasteiger partial charge in [-0.15, -0.1) is 0 Å². The van der Waals surface area contributed by atoms with Crippen LogP contribution in [-0.2, 0) is 14.3 Å². The minimum atomic E-state index is -0.195. The Bertz CT molecular complexity index is 934. The molecule has 0 aromatic heterocycles. The van der Waals surface area contributed by atoms with E-state index in [0.717, 1.165) is 47.9 Å². The number of ether oxygens (including phenoxy) is 2. The van der Waals surface area contributed by atoms with Gasteiger partial charge in [-0.05, 0) is 22.9 Å². The van der Waals surface area contributed by atoms with Crippen molar-refractivity contribution in [2.24, 2.45) is 0 Å². The van der Waals surface area contributed by atoms with Crippen LogP contribution in [0.15, 0.2) is 48.5 Å². The molecule has 1 amide bonds. The Morgan fingerprint density at radius 3 is 2.67 bits per heavy atom. The number of carbonyl (C=O) groups excluding carboxylic acids is 1. The average molecular weight is 364 g/mol. The van der Waals surface area contributed by atoms with Crippen LogP contribution in [0.25, 0.3) is 11.8 Å². The summed E-state index contributed by atoms with van der Waals surface area (Å²) in [5.74, 6) is -0.0460. The highest BCUT2D eigenvalue weighted by atomic mass is 16.5. The van der Waals surface area contributed by atoms with Gasteiger partial charge in [0, 0.05) is 43.0 Å². The van der Waals surface area contributed by atoms with Gasteiger partial charge in [0.2, 0.25) is 5.91 Å². The summed E-state index contributed by atoms with van der Waals surface area (Å²) in [6.45, 7) is 5.31. The van der Waals surface area contributed by atoms with Crippen molar-refractivity contribution in [1.29, 1.82) is 0 Å². The average Bonchev–Trinajstić information content (AvgIpc) is 2.72. The highest BCUT2D eigenvalue weighted by Crippen LogP contribution is 2.27. The van der Waals surface area contributed by atoms with Crippen molar-refractivity contribution in [3.8, 4) is 0 Å². The number of nitrogens with one attached hydrogen (secondary N) is 1. The van der Waals surface area contributed by atoms with Gasteiger partial charge in [0.25, 0.3) is 0 Å². The number of anilines is 1. The zero-order valence-corrected chi connectivity index (χ0v) is 15.5. The van der Waals surface area contributed by atoms with Crippen molar-refractivity contribution in [1.82, 2.24) is 5.32 Å². The molecule has 1 fully saturated rings. The SMILES string of the molecule is CC(=O)NCC1=c2ccc(N3CCOCC3)cc2=COC1c1ccccc1. The summed E-state index contributed by atoms with van der Waals surface area (Å²) in [6, 6.07) is 16.6. The lowest BCUT2D eigenvalue weighted by Crippen LogP contribution is -2.40. The molecule has 1 saturated heterocycles. The molecule has 140 valence electrons. The van der Waals surface area contributed by atoms with E-state index in [2.05, 4.69) is 40.5 Å². The van der Waals surface area contributed by atoms with Gasteiger partial charge >= 0.3 is 0 Å². The molecule has 0 bridgehead atoms. The Morgan fingerprint density at radius 2 is 1.93 bits per heavy atom. The van der Waals surface area contributed by atoms with E-state index in [9.17, 15) is 4.79 Å². The summed E-state index contributed by atoms with van der Waals surface area (Å²) in [5, 5.41) is 5.11. The number of amides is 1. The van der Waals surface area contributed by atoms with Gasteiger partial charge in [0.15, 0.2) is 0 Å². The Morgan fingerprint density at radius 1 is 1.15 bits per heavy atom. The Balaban J connectivity index is 1.76. The Labute approximate surface area is 158 Å². The second-order valence-corrected chi connectivity index (χ2v) is 6.85. The highest BCUT2D eigenvalue weighted by molar-refractivity contribution is 5.75. The molecule has 2 aromatic rings. The standard InChI is InChI=1S/C22H24N2O3/c1-16(25)23-14-21-20-8-7-19(24-9-11-26-12-10-24)13-18(20)15-27-22(21)17-5-3-2-4-6-17/h2-8,13,15,22H,9-12,14H2,1H3,(H,23,25). The minimum absolute atomic E-state index is 0.0460. The van der Waals surface area contributed by atoms with E-state index in [1.165, 1.54) is 12.6 Å². The topological polar surface area (TPSA) is 50.8 Å². The zero-order chi connectivity index (χ0) is 18.6. The van der Waals surface area contributed by atoms with Gasteiger partial charge < -0.3 is 19.7 Å². The van der Waals surface area contributed by atoms with Crippen LogP contribution >= 0.6 is 0 Å². The molecule has 5 heteroatoms. The van der Waals surface area contributed by atoms with E-state index in [4.69, 9.17) is 9.47 Å². The summed E-state index contributed by atoms with van der Waals surface area (Å²) < 4.78 is 11.6. The van der Waals surface area contributed by atoms with E-state index in [-0.39, 0.29) is 12.0 Å². The van der Waals surface area contributed by atoms with Crippen LogP contribution in [0.5, 0.6) is 0 Å². The van der Waals surface area contributed by atoms with Crippen molar-refractivity contribution in [2.75, 3.05) is 37.7 Å². The first-order valence-corrected chi connectivity index (χ1v) is 9.33. The molecule has 27 heavy (non-hydrogen) atoms. The third-order valence-corrected chi connectivity index (χ3v) is 5.04. The Kier molecular flexibility index (Phi) is 5.12. The van der Waals surface area contributed by atoms with Crippen LogP contribution in [-0.4, -0.2) is 38.8 Å². The summed E-state index contributed by atoms with van der Waals surface area (Å²) in [4.78, 5) is 13.8. The second kappa shape index (κ2) is 7.84. The number of rotatable bonds is 4. The molecule has 1 N–H and O–H groups in total. The predicted molar refractivity (Wildman–Crippen MR) is 106 cm³/mol. The van der Waals surface area contributed by atoms with E-state index < -0.39 is 0 Å². The quantitative estimate of drug-likeness (QED) is 0.889. The molecule has 0 aliphatic carbocycles. The van der Waals surface area contributed by atoms with Crippen LogP contribution in [0.1, 0.15) is 18.6 Å². The lowest BCUT2D eigenvalue weighted by molar-refractivity contribution is -0.118. The normalized spacial score (nSPS) is 18.9. The number of carbonyl (C=O) groups is 1.